The van der Waals surface area contributed by atoms with E-state index in [1.54, 1.807) is 0 Å². The minimum Gasteiger partial charge on any atom is -0.493 e. The van der Waals surface area contributed by atoms with Crippen molar-refractivity contribution in [1.29, 1.82) is 0 Å². The van der Waals surface area contributed by atoms with Crippen LogP contribution in [0.4, 0.5) is 0 Å². The van der Waals surface area contributed by atoms with E-state index < -0.39 is 0 Å². The summed E-state index contributed by atoms with van der Waals surface area (Å²) in [5, 5.41) is 9.58. The van der Waals surface area contributed by atoms with E-state index in [0.717, 1.165) is 25.3 Å². The number of rotatable bonds is 7. The minimum atomic E-state index is -0.220. The molecule has 0 bridgehead atoms. The summed E-state index contributed by atoms with van der Waals surface area (Å²) in [5.74, 6) is 3.44. The standard InChI is InChI=1S/C18H25NO2/c1-3-4-12-21-18-9-7-16(8-10-18)14-19-11-5-6-17(19)13-15(2)20/h1,7-10,15,17,20H,4-6,11-14H2,2H3. The second kappa shape index (κ2) is 8.07. The molecular formula is C18H25NO2. The van der Waals surface area contributed by atoms with Gasteiger partial charge in [-0.1, -0.05) is 12.1 Å². The Morgan fingerprint density at radius 3 is 2.86 bits per heavy atom. The van der Waals surface area contributed by atoms with Crippen LogP contribution in [-0.2, 0) is 6.54 Å². The SMILES string of the molecule is C#CCCOc1ccc(CN2CCCC2CC(C)O)cc1. The molecule has 1 fully saturated rings. The van der Waals surface area contributed by atoms with Crippen LogP contribution in [0.15, 0.2) is 24.3 Å². The maximum atomic E-state index is 9.58. The zero-order chi connectivity index (χ0) is 15.1. The number of likely N-dealkylation sites (tertiary alicyclic amines) is 1. The fraction of sp³-hybridized carbons (Fsp3) is 0.556. The molecule has 1 aromatic carbocycles. The Balaban J connectivity index is 1.86. The first-order valence-electron chi connectivity index (χ1n) is 7.76. The van der Waals surface area contributed by atoms with Gasteiger partial charge in [-0.3, -0.25) is 4.90 Å². The van der Waals surface area contributed by atoms with Crippen molar-refractivity contribution in [1.82, 2.24) is 4.90 Å². The van der Waals surface area contributed by atoms with E-state index in [1.165, 1.54) is 18.4 Å². The molecule has 2 rings (SSSR count). The molecule has 1 aliphatic rings. The van der Waals surface area contributed by atoms with E-state index in [9.17, 15) is 5.11 Å². The molecule has 114 valence electrons. The summed E-state index contributed by atoms with van der Waals surface area (Å²) in [7, 11) is 0. The number of nitrogens with zero attached hydrogens (tertiary/aromatic N) is 1. The average Bonchev–Trinajstić information content (AvgIpc) is 2.87. The molecule has 1 N–H and O–H groups in total. The van der Waals surface area contributed by atoms with Crippen molar-refractivity contribution >= 4 is 0 Å². The zero-order valence-corrected chi connectivity index (χ0v) is 12.8. The van der Waals surface area contributed by atoms with Gasteiger partial charge in [0.25, 0.3) is 0 Å². The van der Waals surface area contributed by atoms with Crippen molar-refractivity contribution in [3.63, 3.8) is 0 Å². The molecule has 0 amide bonds. The van der Waals surface area contributed by atoms with E-state index in [4.69, 9.17) is 11.2 Å². The van der Waals surface area contributed by atoms with Crippen LogP contribution >= 0.6 is 0 Å². The van der Waals surface area contributed by atoms with Gasteiger partial charge >= 0.3 is 0 Å². The Kier molecular flexibility index (Phi) is 6.10. The van der Waals surface area contributed by atoms with Gasteiger partial charge in [-0.05, 0) is 50.4 Å². The van der Waals surface area contributed by atoms with Crippen LogP contribution in [0.5, 0.6) is 5.75 Å². The molecule has 21 heavy (non-hydrogen) atoms. The van der Waals surface area contributed by atoms with Crippen molar-refractivity contribution in [3.05, 3.63) is 29.8 Å². The van der Waals surface area contributed by atoms with Gasteiger partial charge in [-0.2, -0.15) is 0 Å². The van der Waals surface area contributed by atoms with Gasteiger partial charge in [0.2, 0.25) is 0 Å². The highest BCUT2D eigenvalue weighted by atomic mass is 16.5. The summed E-state index contributed by atoms with van der Waals surface area (Å²) in [6, 6.07) is 8.75. The van der Waals surface area contributed by atoms with E-state index >= 15 is 0 Å². The third-order valence-corrected chi connectivity index (χ3v) is 3.94. The first-order chi connectivity index (χ1) is 10.2. The van der Waals surface area contributed by atoms with Gasteiger partial charge < -0.3 is 9.84 Å². The smallest absolute Gasteiger partial charge is 0.119 e. The lowest BCUT2D eigenvalue weighted by atomic mass is 10.1. The molecule has 0 saturated carbocycles. The number of benzene rings is 1. The molecule has 1 heterocycles. The summed E-state index contributed by atoms with van der Waals surface area (Å²) in [5.41, 5.74) is 1.29. The summed E-state index contributed by atoms with van der Waals surface area (Å²) in [4.78, 5) is 2.47. The van der Waals surface area contributed by atoms with Crippen molar-refractivity contribution in [3.8, 4) is 18.1 Å². The minimum absolute atomic E-state index is 0.220. The molecule has 3 nitrogen and oxygen atoms in total. The van der Waals surface area contributed by atoms with E-state index in [1.807, 2.05) is 19.1 Å². The summed E-state index contributed by atoms with van der Waals surface area (Å²) >= 11 is 0. The fourth-order valence-electron chi connectivity index (χ4n) is 2.92. The maximum Gasteiger partial charge on any atom is 0.119 e. The molecule has 0 spiro atoms. The zero-order valence-electron chi connectivity index (χ0n) is 12.8. The summed E-state index contributed by atoms with van der Waals surface area (Å²) < 4.78 is 5.56. The lowest BCUT2D eigenvalue weighted by Gasteiger charge is -2.25. The van der Waals surface area contributed by atoms with Crippen molar-refractivity contribution in [2.75, 3.05) is 13.2 Å². The monoisotopic (exact) mass is 287 g/mol. The first kappa shape index (κ1) is 15.9. The Hall–Kier alpha value is -1.50. The van der Waals surface area contributed by atoms with E-state index in [2.05, 4.69) is 23.0 Å². The van der Waals surface area contributed by atoms with Gasteiger partial charge in [0.1, 0.15) is 5.75 Å². The second-order valence-electron chi connectivity index (χ2n) is 5.80. The van der Waals surface area contributed by atoms with Gasteiger partial charge in [0.05, 0.1) is 12.7 Å². The maximum absolute atomic E-state index is 9.58. The fourth-order valence-corrected chi connectivity index (χ4v) is 2.92. The molecule has 3 heteroatoms. The Labute approximate surface area is 127 Å². The molecule has 1 aromatic rings. The highest BCUT2D eigenvalue weighted by molar-refractivity contribution is 5.27. The van der Waals surface area contributed by atoms with Crippen LogP contribution in [-0.4, -0.2) is 35.3 Å². The van der Waals surface area contributed by atoms with Crippen LogP contribution < -0.4 is 4.74 Å². The Bertz CT molecular complexity index is 461. The number of terminal acetylenes is 1. The van der Waals surface area contributed by atoms with Crippen molar-refractivity contribution in [2.24, 2.45) is 0 Å². The topological polar surface area (TPSA) is 32.7 Å². The number of hydrogen-bond acceptors (Lipinski definition) is 3. The number of aliphatic hydroxyl groups is 1. The molecule has 2 unspecified atom stereocenters. The quantitative estimate of drug-likeness (QED) is 0.618. The normalized spacial score (nSPS) is 20.1. The molecule has 0 aliphatic carbocycles. The largest absolute Gasteiger partial charge is 0.493 e. The van der Waals surface area contributed by atoms with Crippen LogP contribution in [0.3, 0.4) is 0 Å². The second-order valence-corrected chi connectivity index (χ2v) is 5.80. The van der Waals surface area contributed by atoms with Gasteiger partial charge in [0.15, 0.2) is 0 Å². The average molecular weight is 287 g/mol. The molecule has 1 saturated heterocycles. The van der Waals surface area contributed by atoms with Gasteiger partial charge in [0, 0.05) is 19.0 Å². The lowest BCUT2D eigenvalue weighted by molar-refractivity contribution is 0.131. The highest BCUT2D eigenvalue weighted by Crippen LogP contribution is 2.24. The number of ether oxygens (including phenoxy) is 1. The van der Waals surface area contributed by atoms with Crippen LogP contribution in [0.1, 0.15) is 38.2 Å². The molecule has 0 aromatic heterocycles. The third kappa shape index (κ3) is 5.08. The first-order valence-corrected chi connectivity index (χ1v) is 7.76. The third-order valence-electron chi connectivity index (χ3n) is 3.94. The summed E-state index contributed by atoms with van der Waals surface area (Å²) in [6.45, 7) is 4.51. The molecule has 0 radical (unpaired) electrons. The molecule has 1 aliphatic heterocycles. The number of aliphatic hydroxyl groups excluding tert-OH is 1. The summed E-state index contributed by atoms with van der Waals surface area (Å²) in [6.07, 6.45) is 8.91. The van der Waals surface area contributed by atoms with Crippen molar-refractivity contribution < 1.29 is 9.84 Å². The Morgan fingerprint density at radius 2 is 2.19 bits per heavy atom. The highest BCUT2D eigenvalue weighted by Gasteiger charge is 2.25. The van der Waals surface area contributed by atoms with Crippen LogP contribution in [0.25, 0.3) is 0 Å². The predicted molar refractivity (Wildman–Crippen MR) is 85.1 cm³/mol. The number of hydrogen-bond donors (Lipinski definition) is 1. The Morgan fingerprint density at radius 1 is 1.43 bits per heavy atom. The molecule has 2 atom stereocenters. The molecular weight excluding hydrogens is 262 g/mol. The lowest BCUT2D eigenvalue weighted by Crippen LogP contribution is -2.31. The van der Waals surface area contributed by atoms with Gasteiger partial charge in [-0.25, -0.2) is 0 Å². The van der Waals surface area contributed by atoms with E-state index in [-0.39, 0.29) is 6.10 Å². The predicted octanol–water partition coefficient (Wildman–Crippen LogP) is 2.82. The van der Waals surface area contributed by atoms with E-state index in [0.29, 0.717) is 19.1 Å². The van der Waals surface area contributed by atoms with Crippen molar-refractivity contribution in [2.45, 2.75) is 51.3 Å². The van der Waals surface area contributed by atoms with Gasteiger partial charge in [-0.15, -0.1) is 12.3 Å². The van der Waals surface area contributed by atoms with Crippen LogP contribution in [0, 0.1) is 12.3 Å². The van der Waals surface area contributed by atoms with Crippen LogP contribution in [0.2, 0.25) is 0 Å².